The molecule has 0 radical (unpaired) electrons. The van der Waals surface area contributed by atoms with Gasteiger partial charge in [-0.1, -0.05) is 49.1 Å². The summed E-state index contributed by atoms with van der Waals surface area (Å²) in [5, 5.41) is 0. The molecule has 0 spiro atoms. The first-order chi connectivity index (χ1) is 7.33. The molecule has 0 amide bonds. The summed E-state index contributed by atoms with van der Waals surface area (Å²) < 4.78 is 5.31. The third-order valence-electron chi connectivity index (χ3n) is 2.14. The number of rotatable bonds is 4. The van der Waals surface area contributed by atoms with Gasteiger partial charge in [0.2, 0.25) is 0 Å². The van der Waals surface area contributed by atoms with E-state index < -0.39 is 0 Å². The first-order valence-electron chi connectivity index (χ1n) is 4.92. The van der Waals surface area contributed by atoms with E-state index in [2.05, 4.69) is 12.7 Å². The molecule has 78 valence electrons. The van der Waals surface area contributed by atoms with Crippen LogP contribution in [0.25, 0.3) is 5.57 Å². The van der Waals surface area contributed by atoms with Gasteiger partial charge in [-0.15, -0.1) is 0 Å². The Hall–Kier alpha value is -1.76. The minimum absolute atomic E-state index is 0.888. The Labute approximate surface area is 91.4 Å². The van der Waals surface area contributed by atoms with E-state index in [-0.39, 0.29) is 0 Å². The Morgan fingerprint density at radius 2 is 2.07 bits per heavy atom. The molecule has 1 aromatic carbocycles. The van der Waals surface area contributed by atoms with Gasteiger partial charge >= 0.3 is 0 Å². The van der Waals surface area contributed by atoms with Crippen molar-refractivity contribution in [2.45, 2.75) is 6.92 Å². The molecule has 1 rings (SSSR count). The molecule has 0 unspecified atom stereocenters. The van der Waals surface area contributed by atoms with Crippen LogP contribution in [0.3, 0.4) is 0 Å². The maximum absolute atomic E-state index is 5.31. The van der Waals surface area contributed by atoms with E-state index in [1.54, 1.807) is 13.2 Å². The van der Waals surface area contributed by atoms with Crippen LogP contribution in [-0.4, -0.2) is 7.11 Å². The van der Waals surface area contributed by atoms with Crippen molar-refractivity contribution in [2.24, 2.45) is 0 Å². The van der Waals surface area contributed by atoms with Crippen LogP contribution < -0.4 is 4.74 Å². The first-order valence-corrected chi connectivity index (χ1v) is 4.92. The van der Waals surface area contributed by atoms with E-state index in [1.165, 1.54) is 0 Å². The second-order valence-corrected chi connectivity index (χ2v) is 3.04. The zero-order chi connectivity index (χ0) is 11.1. The number of benzene rings is 1. The molecule has 0 aliphatic carbocycles. The maximum Gasteiger partial charge on any atom is 0.126 e. The highest BCUT2D eigenvalue weighted by Gasteiger charge is 2.03. The van der Waals surface area contributed by atoms with E-state index in [9.17, 15) is 0 Å². The summed E-state index contributed by atoms with van der Waals surface area (Å²) in [4.78, 5) is 0. The molecule has 0 heterocycles. The molecule has 0 fully saturated rings. The van der Waals surface area contributed by atoms with Crippen molar-refractivity contribution < 1.29 is 4.74 Å². The van der Waals surface area contributed by atoms with Crippen LogP contribution in [0.5, 0.6) is 5.75 Å². The average molecular weight is 200 g/mol. The molecule has 1 heteroatoms. The lowest BCUT2D eigenvalue weighted by Crippen LogP contribution is -1.89. The lowest BCUT2D eigenvalue weighted by Gasteiger charge is -2.08. The summed E-state index contributed by atoms with van der Waals surface area (Å²) in [6, 6.07) is 7.97. The summed E-state index contributed by atoms with van der Waals surface area (Å²) in [6.45, 7) is 5.67. The van der Waals surface area contributed by atoms with Crippen molar-refractivity contribution in [1.29, 1.82) is 0 Å². The topological polar surface area (TPSA) is 9.23 Å². The maximum atomic E-state index is 5.31. The monoisotopic (exact) mass is 200 g/mol. The zero-order valence-electron chi connectivity index (χ0n) is 9.23. The van der Waals surface area contributed by atoms with Gasteiger partial charge in [0.25, 0.3) is 0 Å². The molecule has 0 N–H and O–H groups in total. The van der Waals surface area contributed by atoms with Gasteiger partial charge in [-0.3, -0.25) is 0 Å². The van der Waals surface area contributed by atoms with E-state index in [0.717, 1.165) is 16.9 Å². The largest absolute Gasteiger partial charge is 0.496 e. The Balaban J connectivity index is 3.12. The van der Waals surface area contributed by atoms with Crippen LogP contribution in [0.1, 0.15) is 12.5 Å². The predicted molar refractivity (Wildman–Crippen MR) is 66.0 cm³/mol. The third-order valence-corrected chi connectivity index (χ3v) is 2.14. The number of hydrogen-bond acceptors (Lipinski definition) is 1. The highest BCUT2D eigenvalue weighted by molar-refractivity contribution is 5.77. The number of para-hydroxylation sites is 1. The highest BCUT2D eigenvalue weighted by Crippen LogP contribution is 2.26. The third kappa shape index (κ3) is 2.84. The van der Waals surface area contributed by atoms with Gasteiger partial charge in [0, 0.05) is 5.56 Å². The second kappa shape index (κ2) is 5.86. The Morgan fingerprint density at radius 3 is 2.67 bits per heavy atom. The molecule has 1 nitrogen and oxygen atoms in total. The van der Waals surface area contributed by atoms with Crippen molar-refractivity contribution in [3.63, 3.8) is 0 Å². The predicted octanol–water partition coefficient (Wildman–Crippen LogP) is 3.84. The van der Waals surface area contributed by atoms with Gasteiger partial charge in [0.05, 0.1) is 7.11 Å². The minimum atomic E-state index is 0.888. The molecular formula is C14H16O. The van der Waals surface area contributed by atoms with E-state index >= 15 is 0 Å². The fourth-order valence-electron chi connectivity index (χ4n) is 1.40. The van der Waals surface area contributed by atoms with E-state index in [1.807, 2.05) is 43.3 Å². The molecule has 1 aromatic rings. The van der Waals surface area contributed by atoms with E-state index in [0.29, 0.717) is 0 Å². The molecule has 0 saturated heterocycles. The molecule has 0 bridgehead atoms. The Morgan fingerprint density at radius 1 is 1.33 bits per heavy atom. The van der Waals surface area contributed by atoms with Crippen LogP contribution in [0.4, 0.5) is 0 Å². The molecule has 0 saturated carbocycles. The Kier molecular flexibility index (Phi) is 4.42. The Bertz CT molecular complexity index is 386. The van der Waals surface area contributed by atoms with Crippen molar-refractivity contribution in [2.75, 3.05) is 7.11 Å². The van der Waals surface area contributed by atoms with Gasteiger partial charge in [-0.25, -0.2) is 0 Å². The lowest BCUT2D eigenvalue weighted by molar-refractivity contribution is 0.413. The van der Waals surface area contributed by atoms with Crippen LogP contribution in [0.2, 0.25) is 0 Å². The summed E-state index contributed by atoms with van der Waals surface area (Å²) >= 11 is 0. The van der Waals surface area contributed by atoms with Crippen molar-refractivity contribution in [3.05, 3.63) is 60.7 Å². The molecular weight excluding hydrogens is 184 g/mol. The van der Waals surface area contributed by atoms with Crippen LogP contribution in [0.15, 0.2) is 55.1 Å². The second-order valence-electron chi connectivity index (χ2n) is 3.04. The minimum Gasteiger partial charge on any atom is -0.496 e. The molecule has 15 heavy (non-hydrogen) atoms. The molecule has 0 aliphatic rings. The number of allylic oxidation sites excluding steroid dienone is 5. The van der Waals surface area contributed by atoms with Crippen molar-refractivity contribution >= 4 is 5.57 Å². The summed E-state index contributed by atoms with van der Waals surface area (Å²) in [5.41, 5.74) is 2.23. The summed E-state index contributed by atoms with van der Waals surface area (Å²) in [7, 11) is 1.68. The van der Waals surface area contributed by atoms with Gasteiger partial charge in [0.1, 0.15) is 5.75 Å². The van der Waals surface area contributed by atoms with Crippen LogP contribution >= 0.6 is 0 Å². The standard InChI is InChI=1S/C14H16O/c1-4-6-9-12(5-2)13-10-7-8-11-14(13)15-3/h4-11H,1H2,2-3H3/b9-6-,12-5+. The summed E-state index contributed by atoms with van der Waals surface area (Å²) in [6.07, 6.45) is 7.75. The fraction of sp³-hybridized carbons (Fsp3) is 0.143. The van der Waals surface area contributed by atoms with Gasteiger partial charge in [-0.05, 0) is 18.6 Å². The van der Waals surface area contributed by atoms with Crippen molar-refractivity contribution in [1.82, 2.24) is 0 Å². The number of hydrogen-bond donors (Lipinski definition) is 0. The van der Waals surface area contributed by atoms with Crippen LogP contribution in [0, 0.1) is 0 Å². The zero-order valence-corrected chi connectivity index (χ0v) is 9.23. The normalized spacial score (nSPS) is 11.7. The van der Waals surface area contributed by atoms with E-state index in [4.69, 9.17) is 4.74 Å². The van der Waals surface area contributed by atoms with Crippen LogP contribution in [-0.2, 0) is 0 Å². The fourth-order valence-corrected chi connectivity index (χ4v) is 1.40. The quantitative estimate of drug-likeness (QED) is 0.671. The first kappa shape index (κ1) is 11.3. The van der Waals surface area contributed by atoms with Gasteiger partial charge in [-0.2, -0.15) is 0 Å². The smallest absolute Gasteiger partial charge is 0.126 e. The lowest BCUT2D eigenvalue weighted by atomic mass is 10.0. The summed E-state index contributed by atoms with van der Waals surface area (Å²) in [5.74, 6) is 0.888. The molecule has 0 atom stereocenters. The van der Waals surface area contributed by atoms with Gasteiger partial charge in [0.15, 0.2) is 0 Å². The number of ether oxygens (including phenoxy) is 1. The van der Waals surface area contributed by atoms with Crippen molar-refractivity contribution in [3.8, 4) is 5.75 Å². The van der Waals surface area contributed by atoms with Gasteiger partial charge < -0.3 is 4.74 Å². The highest BCUT2D eigenvalue weighted by atomic mass is 16.5. The SMILES string of the molecule is C=C/C=C\C(=C/C)c1ccccc1OC. The molecule has 0 aromatic heterocycles. The number of methoxy groups -OCH3 is 1. The average Bonchev–Trinajstić information content (AvgIpc) is 2.30. The molecule has 0 aliphatic heterocycles.